The van der Waals surface area contributed by atoms with Gasteiger partial charge in [-0.25, -0.2) is 0 Å². The van der Waals surface area contributed by atoms with Gasteiger partial charge in [-0.05, 0) is 19.8 Å². The highest BCUT2D eigenvalue weighted by Crippen LogP contribution is 2.27. The number of rotatable bonds is 3. The molecule has 0 aliphatic heterocycles. The lowest BCUT2D eigenvalue weighted by atomic mass is 9.83. The van der Waals surface area contributed by atoms with Gasteiger partial charge in [-0.1, -0.05) is 32.1 Å². The summed E-state index contributed by atoms with van der Waals surface area (Å²) >= 11 is 0. The third-order valence-electron chi connectivity index (χ3n) is 2.88. The Morgan fingerprint density at radius 1 is 1.31 bits per heavy atom. The van der Waals surface area contributed by atoms with Crippen LogP contribution in [0.25, 0.3) is 0 Å². The van der Waals surface area contributed by atoms with Gasteiger partial charge in [0, 0.05) is 6.42 Å². The molecule has 13 heavy (non-hydrogen) atoms. The number of ketones is 1. The molecule has 76 valence electrons. The van der Waals surface area contributed by atoms with Gasteiger partial charge in [-0.2, -0.15) is 0 Å². The molecule has 0 amide bonds. The van der Waals surface area contributed by atoms with Crippen molar-refractivity contribution in [1.82, 2.24) is 0 Å². The predicted molar refractivity (Wildman–Crippen MR) is 52.5 cm³/mol. The van der Waals surface area contributed by atoms with Crippen molar-refractivity contribution in [3.05, 3.63) is 0 Å². The van der Waals surface area contributed by atoms with E-state index in [4.69, 9.17) is 0 Å². The van der Waals surface area contributed by atoms with Crippen molar-refractivity contribution in [3.8, 4) is 0 Å². The highest BCUT2D eigenvalue weighted by molar-refractivity contribution is 5.86. The molecule has 1 aliphatic carbocycles. The maximum Gasteiger partial charge on any atom is 0.164 e. The highest BCUT2D eigenvalue weighted by atomic mass is 16.3. The van der Waals surface area contributed by atoms with Crippen LogP contribution in [0.3, 0.4) is 0 Å². The minimum absolute atomic E-state index is 0.000556. The topological polar surface area (TPSA) is 37.3 Å². The summed E-state index contributed by atoms with van der Waals surface area (Å²) in [5.74, 6) is 0.534. The average molecular weight is 184 g/mol. The molecule has 0 aromatic rings. The molecule has 1 aliphatic rings. The van der Waals surface area contributed by atoms with E-state index in [1.54, 1.807) is 13.8 Å². The van der Waals surface area contributed by atoms with Gasteiger partial charge in [0.1, 0.15) is 5.60 Å². The van der Waals surface area contributed by atoms with Crippen molar-refractivity contribution >= 4 is 5.78 Å². The summed E-state index contributed by atoms with van der Waals surface area (Å²) in [6.07, 6.45) is 6.73. The van der Waals surface area contributed by atoms with Gasteiger partial charge in [0.15, 0.2) is 5.78 Å². The fourth-order valence-corrected chi connectivity index (χ4v) is 1.90. The van der Waals surface area contributed by atoms with E-state index in [0.29, 0.717) is 12.3 Å². The zero-order chi connectivity index (χ0) is 9.90. The molecule has 0 aromatic carbocycles. The maximum absolute atomic E-state index is 11.5. The van der Waals surface area contributed by atoms with Crippen molar-refractivity contribution in [1.29, 1.82) is 0 Å². The first-order valence-electron chi connectivity index (χ1n) is 5.26. The minimum atomic E-state index is -1.13. The highest BCUT2D eigenvalue weighted by Gasteiger charge is 2.26. The van der Waals surface area contributed by atoms with Crippen molar-refractivity contribution in [2.75, 3.05) is 0 Å². The van der Waals surface area contributed by atoms with E-state index in [0.717, 1.165) is 0 Å². The lowest BCUT2D eigenvalue weighted by molar-refractivity contribution is -0.135. The second-order valence-corrected chi connectivity index (χ2v) is 4.69. The number of hydrogen-bond acceptors (Lipinski definition) is 2. The van der Waals surface area contributed by atoms with Crippen LogP contribution >= 0.6 is 0 Å². The Balaban J connectivity index is 2.35. The summed E-state index contributed by atoms with van der Waals surface area (Å²) in [5, 5.41) is 9.47. The Labute approximate surface area is 80.3 Å². The first kappa shape index (κ1) is 10.7. The summed E-state index contributed by atoms with van der Waals surface area (Å²) in [4.78, 5) is 11.5. The molecule has 0 aromatic heterocycles. The fraction of sp³-hybridized carbons (Fsp3) is 0.909. The molecule has 2 nitrogen and oxygen atoms in total. The third-order valence-corrected chi connectivity index (χ3v) is 2.88. The van der Waals surface area contributed by atoms with Crippen LogP contribution < -0.4 is 0 Å². The number of carbonyl (C=O) groups is 1. The normalized spacial score (nSPS) is 20.2. The van der Waals surface area contributed by atoms with Crippen LogP contribution in [-0.4, -0.2) is 16.5 Å². The smallest absolute Gasteiger partial charge is 0.164 e. The van der Waals surface area contributed by atoms with Crippen molar-refractivity contribution in [3.63, 3.8) is 0 Å². The number of aliphatic hydroxyl groups is 1. The lowest BCUT2D eigenvalue weighted by Crippen LogP contribution is -2.32. The molecule has 0 unspecified atom stereocenters. The zero-order valence-corrected chi connectivity index (χ0v) is 8.68. The fourth-order valence-electron chi connectivity index (χ4n) is 1.90. The van der Waals surface area contributed by atoms with Crippen LogP contribution in [0.2, 0.25) is 0 Å². The SMILES string of the molecule is CC(C)(O)C(=O)CC1CCCCC1. The van der Waals surface area contributed by atoms with E-state index in [-0.39, 0.29) is 5.78 Å². The lowest BCUT2D eigenvalue weighted by Gasteiger charge is -2.24. The van der Waals surface area contributed by atoms with Crippen molar-refractivity contribution < 1.29 is 9.90 Å². The van der Waals surface area contributed by atoms with Gasteiger partial charge in [-0.3, -0.25) is 4.79 Å². The molecular formula is C11H20O2. The van der Waals surface area contributed by atoms with Crippen molar-refractivity contribution in [2.45, 2.75) is 58.0 Å². The summed E-state index contributed by atoms with van der Waals surface area (Å²) in [7, 11) is 0. The zero-order valence-electron chi connectivity index (χ0n) is 8.68. The van der Waals surface area contributed by atoms with Gasteiger partial charge in [-0.15, -0.1) is 0 Å². The molecule has 1 saturated carbocycles. The van der Waals surface area contributed by atoms with E-state index >= 15 is 0 Å². The second-order valence-electron chi connectivity index (χ2n) is 4.69. The molecule has 2 heteroatoms. The summed E-state index contributed by atoms with van der Waals surface area (Å²) in [6, 6.07) is 0. The van der Waals surface area contributed by atoms with E-state index in [2.05, 4.69) is 0 Å². The van der Waals surface area contributed by atoms with E-state index in [1.807, 2.05) is 0 Å². The summed E-state index contributed by atoms with van der Waals surface area (Å²) < 4.78 is 0. The molecule has 0 atom stereocenters. The summed E-state index contributed by atoms with van der Waals surface area (Å²) in [6.45, 7) is 3.16. The molecule has 1 fully saturated rings. The Bertz CT molecular complexity index is 173. The first-order valence-corrected chi connectivity index (χ1v) is 5.26. The van der Waals surface area contributed by atoms with Gasteiger partial charge >= 0.3 is 0 Å². The van der Waals surface area contributed by atoms with Crippen LogP contribution in [0.4, 0.5) is 0 Å². The van der Waals surface area contributed by atoms with Crippen LogP contribution in [0.15, 0.2) is 0 Å². The number of hydrogen-bond donors (Lipinski definition) is 1. The van der Waals surface area contributed by atoms with Crippen LogP contribution in [0.1, 0.15) is 52.4 Å². The Kier molecular flexibility index (Phi) is 3.48. The molecule has 0 spiro atoms. The monoisotopic (exact) mass is 184 g/mol. The van der Waals surface area contributed by atoms with Crippen LogP contribution in [0, 0.1) is 5.92 Å². The Hall–Kier alpha value is -0.370. The van der Waals surface area contributed by atoms with Gasteiger partial charge in [0.05, 0.1) is 0 Å². The molecule has 0 bridgehead atoms. The number of carbonyl (C=O) groups excluding carboxylic acids is 1. The standard InChI is InChI=1S/C11H20O2/c1-11(2,13)10(12)8-9-6-4-3-5-7-9/h9,13H,3-8H2,1-2H3. The minimum Gasteiger partial charge on any atom is -0.383 e. The van der Waals surface area contributed by atoms with Gasteiger partial charge in [0.2, 0.25) is 0 Å². The van der Waals surface area contributed by atoms with E-state index in [1.165, 1.54) is 32.1 Å². The first-order chi connectivity index (χ1) is 6.00. The molecule has 0 radical (unpaired) electrons. The van der Waals surface area contributed by atoms with E-state index in [9.17, 15) is 9.90 Å². The predicted octanol–water partition coefficient (Wildman–Crippen LogP) is 2.30. The average Bonchev–Trinajstić information content (AvgIpc) is 2.04. The second kappa shape index (κ2) is 4.23. The Morgan fingerprint density at radius 2 is 1.85 bits per heavy atom. The van der Waals surface area contributed by atoms with Crippen LogP contribution in [-0.2, 0) is 4.79 Å². The number of Topliss-reactive ketones (excluding diaryl/α,β-unsaturated/α-hetero) is 1. The molecule has 1 N–H and O–H groups in total. The van der Waals surface area contributed by atoms with Gasteiger partial charge in [0.25, 0.3) is 0 Å². The Morgan fingerprint density at radius 3 is 2.31 bits per heavy atom. The third kappa shape index (κ3) is 3.47. The largest absolute Gasteiger partial charge is 0.383 e. The van der Waals surface area contributed by atoms with E-state index < -0.39 is 5.60 Å². The quantitative estimate of drug-likeness (QED) is 0.730. The van der Waals surface area contributed by atoms with Gasteiger partial charge < -0.3 is 5.11 Å². The molecule has 1 rings (SSSR count). The molecule has 0 heterocycles. The molecule has 0 saturated heterocycles. The maximum atomic E-state index is 11.5. The van der Waals surface area contributed by atoms with Crippen molar-refractivity contribution in [2.24, 2.45) is 5.92 Å². The summed E-state index contributed by atoms with van der Waals surface area (Å²) in [5.41, 5.74) is -1.13. The molecular weight excluding hydrogens is 164 g/mol. The van der Waals surface area contributed by atoms with Crippen LogP contribution in [0.5, 0.6) is 0 Å².